The Bertz CT molecular complexity index is 777. The van der Waals surface area contributed by atoms with Crippen molar-refractivity contribution in [3.63, 3.8) is 0 Å². The van der Waals surface area contributed by atoms with Crippen molar-refractivity contribution in [1.82, 2.24) is 5.32 Å². The number of ether oxygens (including phenoxy) is 1. The van der Waals surface area contributed by atoms with Crippen LogP contribution in [-0.2, 0) is 14.3 Å². The smallest absolute Gasteiger partial charge is 0.235 e. The van der Waals surface area contributed by atoms with Gasteiger partial charge in [-0.3, -0.25) is 9.59 Å². The topological polar surface area (TPSA) is 58.7 Å². The predicted octanol–water partition coefficient (Wildman–Crippen LogP) is 3.98. The van der Waals surface area contributed by atoms with Crippen LogP contribution < -0.4 is 5.32 Å². The zero-order valence-electron chi connectivity index (χ0n) is 17.7. The molecule has 1 N–H and O–H groups in total. The van der Waals surface area contributed by atoms with Crippen LogP contribution in [0.5, 0.6) is 0 Å². The number of carbonyl (C=O) groups is 2. The average molecular weight is 384 g/mol. The molecule has 2 aliphatic carbocycles. The lowest BCUT2D eigenvalue weighted by Gasteiger charge is -2.44. The first-order valence-corrected chi connectivity index (χ1v) is 10.8. The van der Waals surface area contributed by atoms with Gasteiger partial charge in [-0.25, -0.2) is 0 Å². The minimum absolute atomic E-state index is 0.0183. The second-order valence-corrected chi connectivity index (χ2v) is 9.74. The summed E-state index contributed by atoms with van der Waals surface area (Å²) in [4.78, 5) is 27.2. The molecule has 0 aromatic rings. The zero-order chi connectivity index (χ0) is 20.2. The molecule has 28 heavy (non-hydrogen) atoms. The number of epoxide rings is 1. The van der Waals surface area contributed by atoms with Crippen molar-refractivity contribution in [2.24, 2.45) is 29.1 Å². The number of hydrogen-bond donors (Lipinski definition) is 1. The van der Waals surface area contributed by atoms with E-state index in [4.69, 9.17) is 4.74 Å². The van der Waals surface area contributed by atoms with Gasteiger partial charge in [-0.15, -0.1) is 0 Å². The molecule has 2 saturated heterocycles. The highest BCUT2D eigenvalue weighted by Crippen LogP contribution is 2.55. The van der Waals surface area contributed by atoms with Crippen LogP contribution in [0.3, 0.4) is 0 Å². The molecule has 0 radical (unpaired) electrons. The van der Waals surface area contributed by atoms with Crippen LogP contribution in [0.25, 0.3) is 0 Å². The Hall–Kier alpha value is -1.68. The third-order valence-corrected chi connectivity index (χ3v) is 7.36. The third-order valence-electron chi connectivity index (χ3n) is 7.36. The van der Waals surface area contributed by atoms with Crippen molar-refractivity contribution in [2.45, 2.75) is 72.1 Å². The summed E-state index contributed by atoms with van der Waals surface area (Å²) in [5.74, 6) is 0.314. The molecular weight excluding hydrogens is 350 g/mol. The van der Waals surface area contributed by atoms with E-state index in [1.807, 2.05) is 6.08 Å². The van der Waals surface area contributed by atoms with Gasteiger partial charge < -0.3 is 10.1 Å². The number of ketones is 1. The molecule has 2 fully saturated rings. The largest absolute Gasteiger partial charge is 0.365 e. The van der Waals surface area contributed by atoms with Crippen molar-refractivity contribution in [1.29, 1.82) is 0 Å². The van der Waals surface area contributed by atoms with Crippen molar-refractivity contribution in [2.75, 3.05) is 0 Å². The highest BCUT2D eigenvalue weighted by Gasteiger charge is 2.64. The van der Waals surface area contributed by atoms with Crippen LogP contribution in [-0.4, -0.2) is 29.9 Å². The highest BCUT2D eigenvalue weighted by molar-refractivity contribution is 6.13. The molecule has 2 heterocycles. The molecule has 0 bridgehead atoms. The Morgan fingerprint density at radius 2 is 2.00 bits per heavy atom. The van der Waals surface area contributed by atoms with Crippen LogP contribution in [0, 0.1) is 29.1 Å². The van der Waals surface area contributed by atoms with Crippen molar-refractivity contribution < 1.29 is 14.3 Å². The maximum absolute atomic E-state index is 13.7. The van der Waals surface area contributed by atoms with Gasteiger partial charge in [0.15, 0.2) is 5.78 Å². The fourth-order valence-corrected chi connectivity index (χ4v) is 5.78. The maximum Gasteiger partial charge on any atom is 0.235 e. The SMILES string of the molecule is CC1=CC2/C=C(\C)CCC3OC3/C=C/C(=O)C23C(=O)NC(CC(C)C)C3C1C. The van der Waals surface area contributed by atoms with Crippen LogP contribution in [0.1, 0.15) is 53.9 Å². The summed E-state index contributed by atoms with van der Waals surface area (Å²) in [5, 5.41) is 3.25. The van der Waals surface area contributed by atoms with Crippen LogP contribution in [0.4, 0.5) is 0 Å². The quantitative estimate of drug-likeness (QED) is 0.446. The molecule has 0 aromatic heterocycles. The van der Waals surface area contributed by atoms with E-state index in [1.54, 1.807) is 6.08 Å². The van der Waals surface area contributed by atoms with E-state index in [-0.39, 0.29) is 47.7 Å². The average Bonchev–Trinajstić information content (AvgIpc) is 3.30. The Balaban J connectivity index is 1.87. The Morgan fingerprint density at radius 1 is 1.25 bits per heavy atom. The predicted molar refractivity (Wildman–Crippen MR) is 110 cm³/mol. The molecular formula is C24H33NO3. The van der Waals surface area contributed by atoms with Crippen LogP contribution in [0.2, 0.25) is 0 Å². The Kier molecular flexibility index (Phi) is 4.89. The first kappa shape index (κ1) is 19.6. The number of nitrogens with one attached hydrogen (secondary N) is 1. The van der Waals surface area contributed by atoms with Crippen LogP contribution in [0.15, 0.2) is 35.5 Å². The van der Waals surface area contributed by atoms with Gasteiger partial charge in [-0.05, 0) is 57.1 Å². The summed E-state index contributed by atoms with van der Waals surface area (Å²) in [6.45, 7) is 10.8. The van der Waals surface area contributed by atoms with E-state index in [0.717, 1.165) is 19.3 Å². The molecule has 2 aliphatic heterocycles. The van der Waals surface area contributed by atoms with E-state index >= 15 is 0 Å². The highest BCUT2D eigenvalue weighted by atomic mass is 16.6. The zero-order valence-corrected chi connectivity index (χ0v) is 17.7. The second kappa shape index (κ2) is 6.98. The Labute approximate surface area is 168 Å². The van der Waals surface area contributed by atoms with Gasteiger partial charge in [0.2, 0.25) is 5.91 Å². The molecule has 0 aromatic carbocycles. The molecule has 1 amide bonds. The van der Waals surface area contributed by atoms with Gasteiger partial charge in [-0.1, -0.05) is 44.1 Å². The van der Waals surface area contributed by atoms with E-state index < -0.39 is 5.41 Å². The normalized spacial score (nSPS) is 45.6. The lowest BCUT2D eigenvalue weighted by atomic mass is 9.55. The lowest BCUT2D eigenvalue weighted by Crippen LogP contribution is -2.51. The second-order valence-electron chi connectivity index (χ2n) is 9.74. The first-order valence-electron chi connectivity index (χ1n) is 10.8. The van der Waals surface area contributed by atoms with Crippen molar-refractivity contribution >= 4 is 11.7 Å². The third kappa shape index (κ3) is 3.01. The number of allylic oxidation sites excluding steroid dienone is 5. The maximum atomic E-state index is 13.7. The molecule has 4 aliphatic rings. The molecule has 7 atom stereocenters. The summed E-state index contributed by atoms with van der Waals surface area (Å²) in [6, 6.07) is 0.0368. The number of hydrogen-bond acceptors (Lipinski definition) is 3. The van der Waals surface area contributed by atoms with Crippen molar-refractivity contribution in [3.05, 3.63) is 35.5 Å². The summed E-state index contributed by atoms with van der Waals surface area (Å²) in [6.07, 6.45) is 11.0. The number of fused-ring (bicyclic) bond motifs is 1. The summed E-state index contributed by atoms with van der Waals surface area (Å²) >= 11 is 0. The van der Waals surface area contributed by atoms with Gasteiger partial charge in [-0.2, -0.15) is 0 Å². The van der Waals surface area contributed by atoms with Gasteiger partial charge >= 0.3 is 0 Å². The van der Waals surface area contributed by atoms with Crippen molar-refractivity contribution in [3.8, 4) is 0 Å². The minimum atomic E-state index is -1.04. The van der Waals surface area contributed by atoms with Gasteiger partial charge in [0.25, 0.3) is 0 Å². The molecule has 4 rings (SSSR count). The molecule has 4 heteroatoms. The van der Waals surface area contributed by atoms with E-state index in [2.05, 4.69) is 52.1 Å². The summed E-state index contributed by atoms with van der Waals surface area (Å²) < 4.78 is 5.69. The minimum Gasteiger partial charge on any atom is -0.365 e. The monoisotopic (exact) mass is 383 g/mol. The number of carbonyl (C=O) groups excluding carboxylic acids is 2. The number of amides is 1. The fraction of sp³-hybridized carbons (Fsp3) is 0.667. The number of rotatable bonds is 2. The molecule has 0 saturated carbocycles. The molecule has 152 valence electrons. The van der Waals surface area contributed by atoms with E-state index in [1.165, 1.54) is 11.1 Å². The first-order chi connectivity index (χ1) is 13.2. The Morgan fingerprint density at radius 3 is 2.71 bits per heavy atom. The molecule has 1 spiro atoms. The van der Waals surface area contributed by atoms with E-state index in [0.29, 0.717) is 5.92 Å². The molecule has 7 unspecified atom stereocenters. The van der Waals surface area contributed by atoms with Gasteiger partial charge in [0, 0.05) is 17.9 Å². The van der Waals surface area contributed by atoms with Crippen LogP contribution >= 0.6 is 0 Å². The van der Waals surface area contributed by atoms with E-state index in [9.17, 15) is 9.59 Å². The molecule has 4 nitrogen and oxygen atoms in total. The van der Waals surface area contributed by atoms with Gasteiger partial charge in [0.1, 0.15) is 11.5 Å². The fourth-order valence-electron chi connectivity index (χ4n) is 5.78. The summed E-state index contributed by atoms with van der Waals surface area (Å²) in [7, 11) is 0. The van der Waals surface area contributed by atoms with Gasteiger partial charge in [0.05, 0.1) is 6.10 Å². The standard InChI is InChI=1S/C24H33NO3/c1-13(2)10-18-22-16(5)15(4)12-17-11-14(3)6-7-19-20(28-19)8-9-21(26)24(17,22)23(27)25-18/h8-9,11-13,16-20,22H,6-7,10H2,1-5H3,(H,25,27)/b9-8+,14-11+. The lowest BCUT2D eigenvalue weighted by molar-refractivity contribution is -0.142. The summed E-state index contributed by atoms with van der Waals surface area (Å²) in [5.41, 5.74) is 1.49.